The van der Waals surface area contributed by atoms with Crippen LogP contribution < -0.4 is 5.32 Å². The van der Waals surface area contributed by atoms with E-state index in [1.165, 1.54) is 24.0 Å². The summed E-state index contributed by atoms with van der Waals surface area (Å²) in [4.78, 5) is 9.20. The zero-order valence-corrected chi connectivity index (χ0v) is 12.2. The van der Waals surface area contributed by atoms with Crippen molar-refractivity contribution < 1.29 is 0 Å². The van der Waals surface area contributed by atoms with E-state index in [0.29, 0.717) is 6.04 Å². The van der Waals surface area contributed by atoms with Crippen LogP contribution in [0.3, 0.4) is 0 Å². The van der Waals surface area contributed by atoms with Gasteiger partial charge in [0.25, 0.3) is 0 Å². The SMILES string of the molecule is CCc1ccc(-c2cc(C)nc(CNC3CC3)n2)cc1. The minimum absolute atomic E-state index is 0.686. The molecule has 1 aromatic carbocycles. The molecule has 0 spiro atoms. The van der Waals surface area contributed by atoms with Gasteiger partial charge in [-0.2, -0.15) is 0 Å². The first-order valence-corrected chi connectivity index (χ1v) is 7.42. The molecule has 1 fully saturated rings. The highest BCUT2D eigenvalue weighted by molar-refractivity contribution is 5.59. The number of hydrogen-bond acceptors (Lipinski definition) is 3. The standard InChI is InChI=1S/C17H21N3/c1-3-13-4-6-14(7-5-13)16-10-12(2)19-17(20-16)11-18-15-8-9-15/h4-7,10,15,18H,3,8-9,11H2,1-2H3. The Hall–Kier alpha value is -1.74. The molecule has 1 heterocycles. The lowest BCUT2D eigenvalue weighted by Gasteiger charge is -2.07. The summed E-state index contributed by atoms with van der Waals surface area (Å²) < 4.78 is 0. The molecular weight excluding hydrogens is 246 g/mol. The molecule has 0 bridgehead atoms. The average Bonchev–Trinajstić information content (AvgIpc) is 3.29. The zero-order valence-electron chi connectivity index (χ0n) is 12.2. The van der Waals surface area contributed by atoms with E-state index in [9.17, 15) is 0 Å². The van der Waals surface area contributed by atoms with Crippen LogP contribution in [0.4, 0.5) is 0 Å². The second-order valence-corrected chi connectivity index (χ2v) is 5.52. The first-order chi connectivity index (χ1) is 9.74. The molecular formula is C17H21N3. The molecule has 1 aliphatic carbocycles. The van der Waals surface area contributed by atoms with Gasteiger partial charge in [0.1, 0.15) is 5.82 Å². The van der Waals surface area contributed by atoms with Crippen molar-refractivity contribution in [1.82, 2.24) is 15.3 Å². The Labute approximate surface area is 120 Å². The Morgan fingerprint density at radius 2 is 1.90 bits per heavy atom. The van der Waals surface area contributed by atoms with Gasteiger partial charge in [-0.3, -0.25) is 0 Å². The van der Waals surface area contributed by atoms with Crippen LogP contribution in [0, 0.1) is 6.92 Å². The van der Waals surface area contributed by atoms with Crippen LogP contribution in [0.25, 0.3) is 11.3 Å². The molecule has 1 N–H and O–H groups in total. The molecule has 20 heavy (non-hydrogen) atoms. The predicted molar refractivity (Wildman–Crippen MR) is 81.4 cm³/mol. The Balaban J connectivity index is 1.82. The summed E-state index contributed by atoms with van der Waals surface area (Å²) in [5.41, 5.74) is 4.57. The van der Waals surface area contributed by atoms with Crippen molar-refractivity contribution in [2.24, 2.45) is 0 Å². The highest BCUT2D eigenvalue weighted by Gasteiger charge is 2.20. The molecule has 0 atom stereocenters. The van der Waals surface area contributed by atoms with Crippen molar-refractivity contribution in [2.45, 2.75) is 45.7 Å². The van der Waals surface area contributed by atoms with Gasteiger partial charge in [0, 0.05) is 17.3 Å². The minimum Gasteiger partial charge on any atom is -0.307 e. The summed E-state index contributed by atoms with van der Waals surface area (Å²) in [6.45, 7) is 4.98. The number of benzene rings is 1. The topological polar surface area (TPSA) is 37.8 Å². The molecule has 3 nitrogen and oxygen atoms in total. The fraction of sp³-hybridized carbons (Fsp3) is 0.412. The number of nitrogens with one attached hydrogen (secondary N) is 1. The Morgan fingerprint density at radius 3 is 2.55 bits per heavy atom. The molecule has 0 aliphatic heterocycles. The monoisotopic (exact) mass is 267 g/mol. The number of hydrogen-bond donors (Lipinski definition) is 1. The maximum atomic E-state index is 4.69. The summed E-state index contributed by atoms with van der Waals surface area (Å²) in [5.74, 6) is 0.895. The van der Waals surface area contributed by atoms with Crippen LogP contribution in [0.1, 0.15) is 36.8 Å². The highest BCUT2D eigenvalue weighted by atomic mass is 15.0. The molecule has 0 saturated heterocycles. The number of aryl methyl sites for hydroxylation is 2. The third-order valence-electron chi connectivity index (χ3n) is 3.68. The normalized spacial score (nSPS) is 14.5. The van der Waals surface area contributed by atoms with Crippen molar-refractivity contribution in [2.75, 3.05) is 0 Å². The fourth-order valence-corrected chi connectivity index (χ4v) is 2.29. The Morgan fingerprint density at radius 1 is 1.15 bits per heavy atom. The van der Waals surface area contributed by atoms with E-state index in [1.807, 2.05) is 6.92 Å². The predicted octanol–water partition coefficient (Wildman–Crippen LogP) is 3.27. The second-order valence-electron chi connectivity index (χ2n) is 5.52. The molecule has 1 saturated carbocycles. The quantitative estimate of drug-likeness (QED) is 0.903. The van der Waals surface area contributed by atoms with E-state index in [0.717, 1.165) is 30.2 Å². The maximum absolute atomic E-state index is 4.69. The summed E-state index contributed by atoms with van der Waals surface area (Å²) in [5, 5.41) is 3.47. The van der Waals surface area contributed by atoms with Crippen molar-refractivity contribution in [3.8, 4) is 11.3 Å². The summed E-state index contributed by atoms with van der Waals surface area (Å²) in [6.07, 6.45) is 3.65. The van der Waals surface area contributed by atoms with E-state index in [4.69, 9.17) is 0 Å². The van der Waals surface area contributed by atoms with Crippen LogP contribution in [0.5, 0.6) is 0 Å². The molecule has 1 aliphatic rings. The lowest BCUT2D eigenvalue weighted by molar-refractivity contribution is 0.656. The molecule has 2 aromatic rings. The third kappa shape index (κ3) is 3.23. The van der Waals surface area contributed by atoms with Gasteiger partial charge < -0.3 is 5.32 Å². The van der Waals surface area contributed by atoms with Gasteiger partial charge in [-0.15, -0.1) is 0 Å². The Bertz CT molecular complexity index is 586. The van der Waals surface area contributed by atoms with Gasteiger partial charge >= 0.3 is 0 Å². The van der Waals surface area contributed by atoms with Crippen molar-refractivity contribution in [3.05, 3.63) is 47.4 Å². The average molecular weight is 267 g/mol. The van der Waals surface area contributed by atoms with Gasteiger partial charge in [0.15, 0.2) is 0 Å². The van der Waals surface area contributed by atoms with Gasteiger partial charge in [-0.25, -0.2) is 9.97 Å². The molecule has 3 rings (SSSR count). The van der Waals surface area contributed by atoms with Crippen LogP contribution in [0.15, 0.2) is 30.3 Å². The number of nitrogens with zero attached hydrogens (tertiary/aromatic N) is 2. The van der Waals surface area contributed by atoms with Gasteiger partial charge in [0.05, 0.1) is 12.2 Å². The van der Waals surface area contributed by atoms with Crippen molar-refractivity contribution in [1.29, 1.82) is 0 Å². The highest BCUT2D eigenvalue weighted by Crippen LogP contribution is 2.21. The van der Waals surface area contributed by atoms with Crippen molar-refractivity contribution >= 4 is 0 Å². The van der Waals surface area contributed by atoms with Crippen LogP contribution in [-0.2, 0) is 13.0 Å². The first-order valence-electron chi connectivity index (χ1n) is 7.42. The molecule has 0 unspecified atom stereocenters. The smallest absolute Gasteiger partial charge is 0.143 e. The molecule has 1 aromatic heterocycles. The summed E-state index contributed by atoms with van der Waals surface area (Å²) in [6, 6.07) is 11.4. The molecule has 0 amide bonds. The van der Waals surface area contributed by atoms with Gasteiger partial charge in [0.2, 0.25) is 0 Å². The zero-order chi connectivity index (χ0) is 13.9. The lowest BCUT2D eigenvalue weighted by Crippen LogP contribution is -2.17. The van der Waals surface area contributed by atoms with E-state index in [2.05, 4.69) is 52.5 Å². The van der Waals surface area contributed by atoms with E-state index >= 15 is 0 Å². The molecule has 0 radical (unpaired) electrons. The number of rotatable bonds is 5. The Kier molecular flexibility index (Phi) is 3.79. The molecule has 104 valence electrons. The van der Waals surface area contributed by atoms with E-state index in [1.54, 1.807) is 0 Å². The van der Waals surface area contributed by atoms with E-state index in [-0.39, 0.29) is 0 Å². The van der Waals surface area contributed by atoms with Crippen LogP contribution in [-0.4, -0.2) is 16.0 Å². The van der Waals surface area contributed by atoms with Crippen LogP contribution in [0.2, 0.25) is 0 Å². The lowest BCUT2D eigenvalue weighted by atomic mass is 10.1. The summed E-state index contributed by atoms with van der Waals surface area (Å²) >= 11 is 0. The second kappa shape index (κ2) is 5.71. The van der Waals surface area contributed by atoms with Gasteiger partial charge in [-0.1, -0.05) is 31.2 Å². The van der Waals surface area contributed by atoms with Crippen molar-refractivity contribution in [3.63, 3.8) is 0 Å². The van der Waals surface area contributed by atoms with Crippen LogP contribution >= 0.6 is 0 Å². The largest absolute Gasteiger partial charge is 0.307 e. The fourth-order valence-electron chi connectivity index (χ4n) is 2.29. The first kappa shape index (κ1) is 13.3. The number of aromatic nitrogens is 2. The molecule has 3 heteroatoms. The van der Waals surface area contributed by atoms with E-state index < -0.39 is 0 Å². The summed E-state index contributed by atoms with van der Waals surface area (Å²) in [7, 11) is 0. The third-order valence-corrected chi connectivity index (χ3v) is 3.68. The maximum Gasteiger partial charge on any atom is 0.143 e. The minimum atomic E-state index is 0.686. The van der Waals surface area contributed by atoms with Gasteiger partial charge in [-0.05, 0) is 37.8 Å².